The molecule has 0 radical (unpaired) electrons. The van der Waals surface area contributed by atoms with Crippen LogP contribution >= 0.6 is 0 Å². The molecule has 0 saturated heterocycles. The predicted molar refractivity (Wildman–Crippen MR) is 122 cm³/mol. The Morgan fingerprint density at radius 1 is 1.16 bits per heavy atom. The normalized spacial score (nSPS) is 13.4. The minimum Gasteiger partial charge on any atom is -0.306 e. The zero-order valence-corrected chi connectivity index (χ0v) is 18.4. The van der Waals surface area contributed by atoms with Gasteiger partial charge in [0.15, 0.2) is 5.78 Å². The van der Waals surface area contributed by atoms with Crippen LogP contribution in [0.5, 0.6) is 0 Å². The first-order valence-electron chi connectivity index (χ1n) is 11.0. The number of Topliss-reactive ketones (excluding diaryl/α,β-unsaturated/α-hetero) is 1. The van der Waals surface area contributed by atoms with E-state index in [4.69, 9.17) is 5.26 Å². The van der Waals surface area contributed by atoms with Crippen LogP contribution in [0, 0.1) is 25.2 Å². The number of carbonyl (C=O) groups excluding carboxylic acids is 1. The molecule has 4 aromatic rings. The van der Waals surface area contributed by atoms with Crippen LogP contribution in [0.15, 0.2) is 49.1 Å². The third-order valence-corrected chi connectivity index (χ3v) is 6.28. The molecule has 0 amide bonds. The number of imidazole rings is 1. The molecule has 3 heterocycles. The minimum atomic E-state index is 0.0727. The molecular formula is C26H25N5O. The third-order valence-electron chi connectivity index (χ3n) is 6.28. The number of hydrogen-bond donors (Lipinski definition) is 0. The molecule has 5 rings (SSSR count). The van der Waals surface area contributed by atoms with Crippen LogP contribution in [0.3, 0.4) is 0 Å². The van der Waals surface area contributed by atoms with Crippen molar-refractivity contribution in [2.45, 2.75) is 52.0 Å². The third kappa shape index (κ3) is 4.06. The molecule has 1 aliphatic rings. The average Bonchev–Trinajstić information content (AvgIpc) is 3.39. The van der Waals surface area contributed by atoms with Gasteiger partial charge in [-0.1, -0.05) is 6.07 Å². The second-order valence-corrected chi connectivity index (χ2v) is 8.78. The lowest BCUT2D eigenvalue weighted by molar-refractivity contribution is 0.0982. The monoisotopic (exact) mass is 423 g/mol. The number of carbonyl (C=O) groups is 1. The summed E-state index contributed by atoms with van der Waals surface area (Å²) < 4.78 is 3.86. The number of nitrogens with zero attached hydrogens (tertiary/aromatic N) is 5. The van der Waals surface area contributed by atoms with Crippen molar-refractivity contribution in [3.63, 3.8) is 0 Å². The molecule has 160 valence electrons. The van der Waals surface area contributed by atoms with Gasteiger partial charge in [-0.05, 0) is 79.5 Å². The highest BCUT2D eigenvalue weighted by atomic mass is 16.1. The van der Waals surface area contributed by atoms with Gasteiger partial charge in [0, 0.05) is 25.0 Å². The van der Waals surface area contributed by atoms with E-state index < -0.39 is 0 Å². The number of fused-ring (bicyclic) bond motifs is 1. The average molecular weight is 424 g/mol. The largest absolute Gasteiger partial charge is 0.306 e. The second-order valence-electron chi connectivity index (χ2n) is 8.78. The molecule has 0 N–H and O–H groups in total. The van der Waals surface area contributed by atoms with Crippen molar-refractivity contribution in [3.05, 3.63) is 88.1 Å². The van der Waals surface area contributed by atoms with E-state index in [-0.39, 0.29) is 5.78 Å². The van der Waals surface area contributed by atoms with Gasteiger partial charge >= 0.3 is 0 Å². The van der Waals surface area contributed by atoms with Crippen LogP contribution in [0.2, 0.25) is 0 Å². The molecule has 6 heteroatoms. The Bertz CT molecular complexity index is 1340. The van der Waals surface area contributed by atoms with Crippen LogP contribution < -0.4 is 0 Å². The maximum Gasteiger partial charge on any atom is 0.166 e. The van der Waals surface area contributed by atoms with Gasteiger partial charge in [-0.15, -0.1) is 0 Å². The maximum atomic E-state index is 12.8. The summed E-state index contributed by atoms with van der Waals surface area (Å²) in [5, 5.41) is 13.5. The Morgan fingerprint density at radius 2 is 1.94 bits per heavy atom. The summed E-state index contributed by atoms with van der Waals surface area (Å²) in [6.45, 7) is 4.52. The molecule has 1 saturated carbocycles. The molecule has 0 bridgehead atoms. The molecule has 1 aliphatic carbocycles. The SMILES string of the molecule is Cc1cc(C#N)cc(C)c1CCC(=O)c1cnn(Cc2cn3cc(C4CC4)ccc3n2)c1. The fourth-order valence-electron chi connectivity index (χ4n) is 4.39. The van der Waals surface area contributed by atoms with Gasteiger partial charge in [0.1, 0.15) is 5.65 Å². The zero-order valence-electron chi connectivity index (χ0n) is 18.4. The number of ketones is 1. The van der Waals surface area contributed by atoms with Crippen LogP contribution in [-0.4, -0.2) is 24.9 Å². The van der Waals surface area contributed by atoms with E-state index in [1.54, 1.807) is 17.1 Å². The molecule has 0 unspecified atom stereocenters. The van der Waals surface area contributed by atoms with Crippen molar-refractivity contribution >= 4 is 11.4 Å². The highest BCUT2D eigenvalue weighted by Gasteiger charge is 2.23. The topological polar surface area (TPSA) is 76.0 Å². The quantitative estimate of drug-likeness (QED) is 0.402. The second kappa shape index (κ2) is 8.08. The van der Waals surface area contributed by atoms with E-state index in [2.05, 4.69) is 38.9 Å². The van der Waals surface area contributed by atoms with Gasteiger partial charge in [0.25, 0.3) is 0 Å². The number of pyridine rings is 1. The Labute approximate surface area is 187 Å². The Morgan fingerprint density at radius 3 is 2.66 bits per heavy atom. The fourth-order valence-corrected chi connectivity index (χ4v) is 4.39. The number of nitriles is 1. The molecule has 6 nitrogen and oxygen atoms in total. The van der Waals surface area contributed by atoms with E-state index in [0.29, 0.717) is 36.4 Å². The van der Waals surface area contributed by atoms with E-state index in [0.717, 1.165) is 28.0 Å². The van der Waals surface area contributed by atoms with Crippen molar-refractivity contribution in [2.24, 2.45) is 0 Å². The van der Waals surface area contributed by atoms with Crippen LogP contribution in [0.25, 0.3) is 5.65 Å². The number of rotatable bonds is 7. The van der Waals surface area contributed by atoms with Gasteiger partial charge in [0.05, 0.1) is 35.6 Å². The first-order valence-corrected chi connectivity index (χ1v) is 11.0. The molecule has 1 fully saturated rings. The predicted octanol–water partition coefficient (Wildman–Crippen LogP) is 4.76. The van der Waals surface area contributed by atoms with Gasteiger partial charge in [-0.2, -0.15) is 10.4 Å². The van der Waals surface area contributed by atoms with E-state index in [1.807, 2.05) is 32.2 Å². The van der Waals surface area contributed by atoms with Gasteiger partial charge in [0.2, 0.25) is 0 Å². The van der Waals surface area contributed by atoms with E-state index in [1.165, 1.54) is 18.4 Å². The first kappa shape index (κ1) is 20.2. The Kier molecular flexibility index (Phi) is 5.10. The van der Waals surface area contributed by atoms with Crippen molar-refractivity contribution in [1.29, 1.82) is 5.26 Å². The smallest absolute Gasteiger partial charge is 0.166 e. The molecule has 1 aromatic carbocycles. The number of aryl methyl sites for hydroxylation is 2. The summed E-state index contributed by atoms with van der Waals surface area (Å²) in [5.41, 5.74) is 7.76. The molecule has 32 heavy (non-hydrogen) atoms. The summed E-state index contributed by atoms with van der Waals surface area (Å²) in [5.74, 6) is 0.783. The molecule has 3 aromatic heterocycles. The minimum absolute atomic E-state index is 0.0727. The lowest BCUT2D eigenvalue weighted by atomic mass is 9.94. The van der Waals surface area contributed by atoms with Crippen molar-refractivity contribution < 1.29 is 4.79 Å². The molecule has 0 aliphatic heterocycles. The number of hydrogen-bond acceptors (Lipinski definition) is 4. The maximum absolute atomic E-state index is 12.8. The zero-order chi connectivity index (χ0) is 22.2. The number of benzene rings is 1. The summed E-state index contributed by atoms with van der Waals surface area (Å²) in [6, 6.07) is 10.2. The van der Waals surface area contributed by atoms with Crippen LogP contribution in [0.4, 0.5) is 0 Å². The summed E-state index contributed by atoms with van der Waals surface area (Å²) in [4.78, 5) is 17.4. The highest BCUT2D eigenvalue weighted by Crippen LogP contribution is 2.39. The van der Waals surface area contributed by atoms with Crippen molar-refractivity contribution in [2.75, 3.05) is 0 Å². The van der Waals surface area contributed by atoms with Crippen LogP contribution in [-0.2, 0) is 13.0 Å². The fraction of sp³-hybridized carbons (Fsp3) is 0.308. The summed E-state index contributed by atoms with van der Waals surface area (Å²) in [7, 11) is 0. The van der Waals surface area contributed by atoms with Gasteiger partial charge in [-0.25, -0.2) is 4.98 Å². The van der Waals surface area contributed by atoms with Gasteiger partial charge < -0.3 is 4.40 Å². The van der Waals surface area contributed by atoms with E-state index >= 15 is 0 Å². The standard InChI is InChI=1S/C26H25N5O/c1-17-9-19(11-27)10-18(2)24(17)6-7-25(32)22-12-28-31(14-22)16-23-15-30-13-21(20-3-4-20)5-8-26(30)29-23/h5,8-10,12-15,20H,3-4,6-7,16H2,1-2H3. The lowest BCUT2D eigenvalue weighted by Gasteiger charge is -2.09. The Hall–Kier alpha value is -3.72. The first-order chi connectivity index (χ1) is 15.5. The lowest BCUT2D eigenvalue weighted by Crippen LogP contribution is -2.04. The summed E-state index contributed by atoms with van der Waals surface area (Å²) in [6.07, 6.45) is 11.3. The highest BCUT2D eigenvalue weighted by molar-refractivity contribution is 5.95. The molecule has 0 spiro atoms. The summed E-state index contributed by atoms with van der Waals surface area (Å²) >= 11 is 0. The number of aromatic nitrogens is 4. The van der Waals surface area contributed by atoms with Crippen LogP contribution in [0.1, 0.15) is 69.0 Å². The van der Waals surface area contributed by atoms with Crippen molar-refractivity contribution in [1.82, 2.24) is 19.2 Å². The van der Waals surface area contributed by atoms with Crippen molar-refractivity contribution in [3.8, 4) is 6.07 Å². The Balaban J connectivity index is 1.25. The molecule has 0 atom stereocenters. The molecular weight excluding hydrogens is 398 g/mol. The van der Waals surface area contributed by atoms with Gasteiger partial charge in [-0.3, -0.25) is 9.48 Å². The van der Waals surface area contributed by atoms with E-state index in [9.17, 15) is 4.79 Å².